The van der Waals surface area contributed by atoms with Crippen molar-refractivity contribution in [1.82, 2.24) is 4.90 Å². The Morgan fingerprint density at radius 3 is 2.27 bits per heavy atom. The summed E-state index contributed by atoms with van der Waals surface area (Å²) in [6.07, 6.45) is 1.24. The molecule has 0 heterocycles. The Kier molecular flexibility index (Phi) is 7.96. The van der Waals surface area contributed by atoms with Crippen molar-refractivity contribution < 1.29 is 4.74 Å². The molecule has 0 aromatic heterocycles. The molecule has 2 nitrogen and oxygen atoms in total. The van der Waals surface area contributed by atoms with E-state index in [9.17, 15) is 0 Å². The van der Waals surface area contributed by atoms with Gasteiger partial charge in [-0.1, -0.05) is 13.8 Å². The van der Waals surface area contributed by atoms with Crippen LogP contribution in [0.2, 0.25) is 0 Å². The smallest absolute Gasteiger partial charge is 0.0593 e. The van der Waals surface area contributed by atoms with E-state index < -0.39 is 0 Å². The van der Waals surface area contributed by atoms with Crippen LogP contribution in [0.3, 0.4) is 0 Å². The molecule has 0 aromatic rings. The summed E-state index contributed by atoms with van der Waals surface area (Å²) in [6.45, 7) is 11.6. The summed E-state index contributed by atoms with van der Waals surface area (Å²) in [5, 5.41) is 0. The van der Waals surface area contributed by atoms with Gasteiger partial charge in [0, 0.05) is 13.2 Å². The Morgan fingerprint density at radius 1 is 1.09 bits per heavy atom. The lowest BCUT2D eigenvalue weighted by Gasteiger charge is -2.18. The van der Waals surface area contributed by atoms with Crippen LogP contribution in [0.25, 0.3) is 0 Å². The summed E-state index contributed by atoms with van der Waals surface area (Å²) in [4.78, 5) is 2.41. The standard InChI is InChI=1S/C9H21NO/c1-4-7-10(5-2)8-9-11-6-3/h4-9H2,1-3H3. The van der Waals surface area contributed by atoms with Crippen molar-refractivity contribution in [3.05, 3.63) is 0 Å². The number of nitrogens with zero attached hydrogens (tertiary/aromatic N) is 1. The van der Waals surface area contributed by atoms with Gasteiger partial charge in [0.15, 0.2) is 0 Å². The van der Waals surface area contributed by atoms with Crippen molar-refractivity contribution in [2.45, 2.75) is 27.2 Å². The fraction of sp³-hybridized carbons (Fsp3) is 1.00. The van der Waals surface area contributed by atoms with Crippen LogP contribution in [0.5, 0.6) is 0 Å². The summed E-state index contributed by atoms with van der Waals surface area (Å²) in [6, 6.07) is 0. The fourth-order valence-corrected chi connectivity index (χ4v) is 1.08. The molecule has 0 fully saturated rings. The van der Waals surface area contributed by atoms with E-state index in [-0.39, 0.29) is 0 Å². The van der Waals surface area contributed by atoms with E-state index in [0.29, 0.717) is 0 Å². The Hall–Kier alpha value is -0.0800. The Balaban J connectivity index is 3.20. The van der Waals surface area contributed by atoms with Gasteiger partial charge >= 0.3 is 0 Å². The molecule has 0 aliphatic rings. The monoisotopic (exact) mass is 159 g/mol. The van der Waals surface area contributed by atoms with Crippen LogP contribution in [0, 0.1) is 0 Å². The second kappa shape index (κ2) is 8.02. The molecule has 0 N–H and O–H groups in total. The van der Waals surface area contributed by atoms with Crippen molar-refractivity contribution in [3.63, 3.8) is 0 Å². The third kappa shape index (κ3) is 6.32. The average molecular weight is 159 g/mol. The molecule has 0 radical (unpaired) electrons. The van der Waals surface area contributed by atoms with Gasteiger partial charge in [0.2, 0.25) is 0 Å². The first kappa shape index (κ1) is 10.9. The van der Waals surface area contributed by atoms with Gasteiger partial charge in [0.05, 0.1) is 6.61 Å². The van der Waals surface area contributed by atoms with Crippen molar-refractivity contribution in [3.8, 4) is 0 Å². The molecule has 0 amide bonds. The molecule has 0 rings (SSSR count). The maximum atomic E-state index is 5.27. The highest BCUT2D eigenvalue weighted by atomic mass is 16.5. The van der Waals surface area contributed by atoms with Gasteiger partial charge in [0.1, 0.15) is 0 Å². The maximum Gasteiger partial charge on any atom is 0.0593 e. The summed E-state index contributed by atoms with van der Waals surface area (Å²) in [5.74, 6) is 0. The molecule has 0 atom stereocenters. The van der Waals surface area contributed by atoms with E-state index in [1.54, 1.807) is 0 Å². The molecule has 0 bridgehead atoms. The third-order valence-electron chi connectivity index (χ3n) is 1.74. The number of ether oxygens (including phenoxy) is 1. The Bertz CT molecular complexity index is 76.0. The highest BCUT2D eigenvalue weighted by molar-refractivity contribution is 4.52. The van der Waals surface area contributed by atoms with E-state index in [0.717, 1.165) is 26.3 Å². The predicted octanol–water partition coefficient (Wildman–Crippen LogP) is 1.75. The van der Waals surface area contributed by atoms with Gasteiger partial charge in [-0.2, -0.15) is 0 Å². The molecule has 0 unspecified atom stereocenters. The van der Waals surface area contributed by atoms with Gasteiger partial charge in [0.25, 0.3) is 0 Å². The third-order valence-corrected chi connectivity index (χ3v) is 1.74. The average Bonchev–Trinajstić information content (AvgIpc) is 2.03. The lowest BCUT2D eigenvalue weighted by molar-refractivity contribution is 0.115. The van der Waals surface area contributed by atoms with Gasteiger partial charge < -0.3 is 9.64 Å². The van der Waals surface area contributed by atoms with E-state index in [2.05, 4.69) is 18.7 Å². The molecular weight excluding hydrogens is 138 g/mol. The highest BCUT2D eigenvalue weighted by Crippen LogP contribution is 1.90. The molecule has 0 aliphatic carbocycles. The van der Waals surface area contributed by atoms with Crippen LogP contribution in [-0.4, -0.2) is 37.7 Å². The Morgan fingerprint density at radius 2 is 1.82 bits per heavy atom. The minimum atomic E-state index is 0.837. The molecule has 0 aromatic carbocycles. The largest absolute Gasteiger partial charge is 0.380 e. The lowest BCUT2D eigenvalue weighted by atomic mass is 10.4. The molecule has 68 valence electrons. The predicted molar refractivity (Wildman–Crippen MR) is 48.9 cm³/mol. The molecule has 11 heavy (non-hydrogen) atoms. The lowest BCUT2D eigenvalue weighted by Crippen LogP contribution is -2.28. The second-order valence-electron chi connectivity index (χ2n) is 2.63. The van der Waals surface area contributed by atoms with Crippen molar-refractivity contribution in [2.75, 3.05) is 32.8 Å². The fourth-order valence-electron chi connectivity index (χ4n) is 1.08. The summed E-state index contributed by atoms with van der Waals surface area (Å²) < 4.78 is 5.27. The molecular formula is C9H21NO. The summed E-state index contributed by atoms with van der Waals surface area (Å²) in [7, 11) is 0. The van der Waals surface area contributed by atoms with Gasteiger partial charge in [-0.05, 0) is 26.4 Å². The number of rotatable bonds is 7. The quantitative estimate of drug-likeness (QED) is 0.525. The first-order valence-electron chi connectivity index (χ1n) is 4.65. The number of hydrogen-bond donors (Lipinski definition) is 0. The van der Waals surface area contributed by atoms with Crippen LogP contribution in [0.4, 0.5) is 0 Å². The highest BCUT2D eigenvalue weighted by Gasteiger charge is 1.98. The normalized spacial score (nSPS) is 10.9. The first-order chi connectivity index (χ1) is 5.35. The minimum Gasteiger partial charge on any atom is -0.380 e. The molecule has 0 saturated heterocycles. The van der Waals surface area contributed by atoms with E-state index in [1.807, 2.05) is 6.92 Å². The van der Waals surface area contributed by atoms with Crippen molar-refractivity contribution in [1.29, 1.82) is 0 Å². The van der Waals surface area contributed by atoms with E-state index in [1.165, 1.54) is 13.0 Å². The topological polar surface area (TPSA) is 12.5 Å². The van der Waals surface area contributed by atoms with E-state index >= 15 is 0 Å². The Labute approximate surface area is 70.5 Å². The molecule has 2 heteroatoms. The van der Waals surface area contributed by atoms with Gasteiger partial charge in [-0.3, -0.25) is 0 Å². The van der Waals surface area contributed by atoms with Crippen LogP contribution in [0.1, 0.15) is 27.2 Å². The van der Waals surface area contributed by atoms with Crippen molar-refractivity contribution in [2.24, 2.45) is 0 Å². The van der Waals surface area contributed by atoms with Crippen LogP contribution in [-0.2, 0) is 4.74 Å². The second-order valence-corrected chi connectivity index (χ2v) is 2.63. The van der Waals surface area contributed by atoms with Crippen molar-refractivity contribution >= 4 is 0 Å². The summed E-state index contributed by atoms with van der Waals surface area (Å²) >= 11 is 0. The first-order valence-corrected chi connectivity index (χ1v) is 4.65. The number of likely N-dealkylation sites (N-methyl/N-ethyl adjacent to an activating group) is 1. The van der Waals surface area contributed by atoms with Gasteiger partial charge in [-0.15, -0.1) is 0 Å². The maximum absolute atomic E-state index is 5.27. The zero-order valence-electron chi connectivity index (χ0n) is 8.10. The van der Waals surface area contributed by atoms with Crippen LogP contribution < -0.4 is 0 Å². The minimum absolute atomic E-state index is 0.837. The zero-order chi connectivity index (χ0) is 8.53. The molecule has 0 spiro atoms. The van der Waals surface area contributed by atoms with Crippen LogP contribution in [0.15, 0.2) is 0 Å². The number of hydrogen-bond acceptors (Lipinski definition) is 2. The van der Waals surface area contributed by atoms with Gasteiger partial charge in [-0.25, -0.2) is 0 Å². The molecule has 0 aliphatic heterocycles. The van der Waals surface area contributed by atoms with E-state index in [4.69, 9.17) is 4.74 Å². The molecule has 0 saturated carbocycles. The SMILES string of the molecule is CCCN(CC)CCOCC. The zero-order valence-corrected chi connectivity index (χ0v) is 8.10. The van der Waals surface area contributed by atoms with Crippen LogP contribution >= 0.6 is 0 Å². The summed E-state index contributed by atoms with van der Waals surface area (Å²) in [5.41, 5.74) is 0.